The van der Waals surface area contributed by atoms with E-state index in [2.05, 4.69) is 24.1 Å². The summed E-state index contributed by atoms with van der Waals surface area (Å²) in [6.45, 7) is 6.07. The number of rotatable bonds is 8. The molecule has 0 radical (unpaired) electrons. The first-order valence-electron chi connectivity index (χ1n) is 11.8. The van der Waals surface area contributed by atoms with Gasteiger partial charge in [-0.1, -0.05) is 38.5 Å². The predicted molar refractivity (Wildman–Crippen MR) is 127 cm³/mol. The van der Waals surface area contributed by atoms with Crippen molar-refractivity contribution >= 4 is 26.8 Å². The van der Waals surface area contributed by atoms with Crippen LogP contribution in [0.2, 0.25) is 0 Å². The summed E-state index contributed by atoms with van der Waals surface area (Å²) in [7, 11) is -2.04. The number of carbonyl (C=O) groups excluding carboxylic acids is 1. The molecule has 1 aromatic carbocycles. The van der Waals surface area contributed by atoms with Crippen molar-refractivity contribution in [2.75, 3.05) is 33.4 Å². The molecule has 4 rings (SSSR count). The highest BCUT2D eigenvalue weighted by Gasteiger charge is 2.53. The van der Waals surface area contributed by atoms with Gasteiger partial charge in [0.05, 0.1) is 17.2 Å². The summed E-state index contributed by atoms with van der Waals surface area (Å²) in [6, 6.07) is 8.69. The summed E-state index contributed by atoms with van der Waals surface area (Å²) in [5.74, 6) is 0.334. The number of hydrogen-bond donors (Lipinski definition) is 1. The average Bonchev–Trinajstić information content (AvgIpc) is 3.09. The van der Waals surface area contributed by atoms with Crippen molar-refractivity contribution in [3.63, 3.8) is 0 Å². The number of carbonyl (C=O) groups is 1. The lowest BCUT2D eigenvalue weighted by atomic mass is 9.96. The maximum atomic E-state index is 13.5. The van der Waals surface area contributed by atoms with E-state index in [1.807, 2.05) is 17.0 Å². The summed E-state index contributed by atoms with van der Waals surface area (Å²) < 4.78 is 33.8. The van der Waals surface area contributed by atoms with Gasteiger partial charge in [-0.15, -0.1) is 0 Å². The van der Waals surface area contributed by atoms with Crippen LogP contribution in [0.4, 0.5) is 0 Å². The zero-order chi connectivity index (χ0) is 23.6. The Labute approximate surface area is 196 Å². The van der Waals surface area contributed by atoms with Crippen LogP contribution >= 0.6 is 0 Å². The van der Waals surface area contributed by atoms with E-state index in [1.54, 1.807) is 31.5 Å². The van der Waals surface area contributed by atoms with Crippen LogP contribution in [0.1, 0.15) is 39.5 Å². The van der Waals surface area contributed by atoms with E-state index in [4.69, 9.17) is 4.74 Å². The Hall–Kier alpha value is -2.07. The topological polar surface area (TPSA) is 91.8 Å². The van der Waals surface area contributed by atoms with Crippen molar-refractivity contribution < 1.29 is 17.9 Å². The number of methoxy groups -OCH3 is 1. The Morgan fingerprint density at radius 1 is 1.24 bits per heavy atom. The highest BCUT2D eigenvalue weighted by molar-refractivity contribution is 7.89. The normalized spacial score (nSPS) is 22.3. The number of para-hydroxylation sites is 1. The van der Waals surface area contributed by atoms with Crippen molar-refractivity contribution in [1.29, 1.82) is 0 Å². The number of ether oxygens (including phenoxy) is 1. The van der Waals surface area contributed by atoms with E-state index in [1.165, 1.54) is 4.31 Å². The number of sulfonamides is 1. The molecule has 2 aliphatic rings. The third-order valence-electron chi connectivity index (χ3n) is 7.18. The van der Waals surface area contributed by atoms with Crippen LogP contribution in [0, 0.1) is 5.92 Å². The van der Waals surface area contributed by atoms with Crippen LogP contribution in [0.15, 0.2) is 41.4 Å². The highest BCUT2D eigenvalue weighted by Crippen LogP contribution is 2.37. The molecule has 2 aliphatic heterocycles. The van der Waals surface area contributed by atoms with Crippen LogP contribution < -0.4 is 5.32 Å². The molecular weight excluding hydrogens is 440 g/mol. The highest BCUT2D eigenvalue weighted by atomic mass is 32.2. The van der Waals surface area contributed by atoms with Crippen molar-refractivity contribution in [2.24, 2.45) is 5.92 Å². The number of aromatic nitrogens is 1. The monoisotopic (exact) mass is 474 g/mol. The molecule has 2 fully saturated rings. The van der Waals surface area contributed by atoms with Crippen molar-refractivity contribution in [3.05, 3.63) is 36.5 Å². The van der Waals surface area contributed by atoms with E-state index in [9.17, 15) is 13.2 Å². The molecule has 0 bridgehead atoms. The molecule has 9 heteroatoms. The van der Waals surface area contributed by atoms with Crippen molar-refractivity contribution in [2.45, 2.75) is 56.1 Å². The summed E-state index contributed by atoms with van der Waals surface area (Å²) in [4.78, 5) is 19.8. The maximum absolute atomic E-state index is 13.5. The standard InChI is InChI=1S/C24H34N4O4S/c1-4-18(2)21-23(29)28(14-7-17-32-3)24(26-21)11-15-27(16-12-24)33(30,31)20-10-5-8-19-9-6-13-25-22(19)20/h5-6,8-10,13,18,21,26H,4,7,11-12,14-17H2,1-3H3. The van der Waals surface area contributed by atoms with E-state index in [0.717, 1.165) is 18.2 Å². The zero-order valence-electron chi connectivity index (χ0n) is 19.7. The van der Waals surface area contributed by atoms with Crippen molar-refractivity contribution in [3.8, 4) is 0 Å². The number of pyridine rings is 1. The Morgan fingerprint density at radius 2 is 1.97 bits per heavy atom. The largest absolute Gasteiger partial charge is 0.385 e. The summed E-state index contributed by atoms with van der Waals surface area (Å²) >= 11 is 0. The lowest BCUT2D eigenvalue weighted by molar-refractivity contribution is -0.134. The van der Waals surface area contributed by atoms with E-state index < -0.39 is 15.7 Å². The Balaban J connectivity index is 1.57. The number of nitrogens with one attached hydrogen (secondary N) is 1. The number of piperidine rings is 1. The molecular formula is C24H34N4O4S. The number of amides is 1. The van der Waals surface area contributed by atoms with Crippen LogP contribution in [-0.2, 0) is 19.6 Å². The first-order valence-corrected chi connectivity index (χ1v) is 13.2. The first-order chi connectivity index (χ1) is 15.8. The minimum atomic E-state index is -3.70. The SMILES string of the molecule is CCC(C)C1NC2(CCN(S(=O)(=O)c3cccc4cccnc34)CC2)N(CCCOC)C1=O. The van der Waals surface area contributed by atoms with Crippen LogP contribution in [0.3, 0.4) is 0 Å². The van der Waals surface area contributed by atoms with Crippen molar-refractivity contribution in [1.82, 2.24) is 19.5 Å². The first kappa shape index (κ1) is 24.1. The van der Waals surface area contributed by atoms with Gasteiger partial charge in [-0.2, -0.15) is 4.31 Å². The van der Waals surface area contributed by atoms with E-state index in [-0.39, 0.29) is 22.8 Å². The van der Waals surface area contributed by atoms with E-state index >= 15 is 0 Å². The van der Waals surface area contributed by atoms with Gasteiger partial charge in [0.15, 0.2) is 0 Å². The molecule has 1 N–H and O–H groups in total. The van der Waals surface area contributed by atoms with Gasteiger partial charge in [-0.25, -0.2) is 8.42 Å². The van der Waals surface area contributed by atoms with Gasteiger partial charge in [-0.05, 0) is 37.3 Å². The van der Waals surface area contributed by atoms with E-state index in [0.29, 0.717) is 44.6 Å². The Bertz CT molecular complexity index is 1090. The molecule has 180 valence electrons. The molecule has 1 aromatic heterocycles. The lowest BCUT2D eigenvalue weighted by Crippen LogP contribution is -2.59. The molecule has 2 unspecified atom stereocenters. The summed E-state index contributed by atoms with van der Waals surface area (Å²) in [6.07, 6.45) is 4.38. The molecule has 8 nitrogen and oxygen atoms in total. The molecule has 1 amide bonds. The molecule has 2 aromatic rings. The third kappa shape index (κ3) is 4.39. The number of nitrogens with zero attached hydrogens (tertiary/aromatic N) is 3. The molecule has 33 heavy (non-hydrogen) atoms. The smallest absolute Gasteiger partial charge is 0.245 e. The quantitative estimate of drug-likeness (QED) is 0.592. The molecule has 2 atom stereocenters. The fraction of sp³-hybridized carbons (Fsp3) is 0.583. The Morgan fingerprint density at radius 3 is 2.67 bits per heavy atom. The Kier molecular flexibility index (Phi) is 7.04. The second kappa shape index (κ2) is 9.66. The summed E-state index contributed by atoms with van der Waals surface area (Å²) in [5, 5.41) is 4.43. The van der Waals surface area contributed by atoms with Crippen LogP contribution in [-0.4, -0.2) is 73.6 Å². The fourth-order valence-electron chi connectivity index (χ4n) is 5.05. The van der Waals surface area contributed by atoms with Gasteiger partial charge in [0.25, 0.3) is 0 Å². The zero-order valence-corrected chi connectivity index (χ0v) is 20.5. The molecule has 0 aliphatic carbocycles. The molecule has 0 saturated carbocycles. The lowest BCUT2D eigenvalue weighted by Gasteiger charge is -2.44. The minimum Gasteiger partial charge on any atom is -0.385 e. The van der Waals surface area contributed by atoms with Gasteiger partial charge in [0, 0.05) is 44.9 Å². The minimum absolute atomic E-state index is 0.120. The fourth-order valence-corrected chi connectivity index (χ4v) is 6.66. The molecule has 1 spiro atoms. The predicted octanol–water partition coefficient (Wildman–Crippen LogP) is 2.60. The average molecular weight is 475 g/mol. The third-order valence-corrected chi connectivity index (χ3v) is 9.11. The van der Waals surface area contributed by atoms with Gasteiger partial charge < -0.3 is 9.64 Å². The second-order valence-corrected chi connectivity index (χ2v) is 11.0. The number of benzene rings is 1. The van der Waals surface area contributed by atoms with Crippen LogP contribution in [0.5, 0.6) is 0 Å². The maximum Gasteiger partial charge on any atom is 0.245 e. The van der Waals surface area contributed by atoms with Gasteiger partial charge in [-0.3, -0.25) is 15.1 Å². The summed E-state index contributed by atoms with van der Waals surface area (Å²) in [5.41, 5.74) is -0.0189. The number of fused-ring (bicyclic) bond motifs is 1. The van der Waals surface area contributed by atoms with Gasteiger partial charge in [0.1, 0.15) is 4.90 Å². The molecule has 3 heterocycles. The van der Waals surface area contributed by atoms with Gasteiger partial charge in [0.2, 0.25) is 15.9 Å². The second-order valence-electron chi connectivity index (χ2n) is 9.11. The van der Waals surface area contributed by atoms with Gasteiger partial charge >= 0.3 is 0 Å². The number of hydrogen-bond acceptors (Lipinski definition) is 6. The van der Waals surface area contributed by atoms with Crippen LogP contribution in [0.25, 0.3) is 10.9 Å². The molecule has 2 saturated heterocycles.